The third-order valence-corrected chi connectivity index (χ3v) is 3.50. The van der Waals surface area contributed by atoms with Crippen molar-refractivity contribution in [3.63, 3.8) is 0 Å². The van der Waals surface area contributed by atoms with Crippen LogP contribution in [0.1, 0.15) is 23.7 Å². The number of aliphatic carboxylic acids is 1. The molecule has 1 amide bonds. The highest BCUT2D eigenvalue weighted by Crippen LogP contribution is 2.33. The number of benzene rings is 1. The van der Waals surface area contributed by atoms with Crippen molar-refractivity contribution in [1.29, 1.82) is 0 Å². The van der Waals surface area contributed by atoms with Gasteiger partial charge in [-0.3, -0.25) is 4.79 Å². The highest BCUT2D eigenvalue weighted by molar-refractivity contribution is 5.99. The fourth-order valence-electron chi connectivity index (χ4n) is 2.59. The molecule has 5 nitrogen and oxygen atoms in total. The van der Waals surface area contributed by atoms with E-state index in [1.54, 1.807) is 0 Å². The van der Waals surface area contributed by atoms with E-state index in [0.717, 1.165) is 6.07 Å². The lowest BCUT2D eigenvalue weighted by molar-refractivity contribution is -0.139. The minimum Gasteiger partial charge on any atom is -0.480 e. The van der Waals surface area contributed by atoms with Crippen LogP contribution in [0, 0.1) is 11.7 Å². The maximum Gasteiger partial charge on any atom is 0.326 e. The summed E-state index contributed by atoms with van der Waals surface area (Å²) < 4.78 is 13.7. The summed E-state index contributed by atoms with van der Waals surface area (Å²) >= 11 is 0. The molecular formula is C13H15FN2O3. The number of rotatable bonds is 3. The highest BCUT2D eigenvalue weighted by Gasteiger charge is 2.38. The summed E-state index contributed by atoms with van der Waals surface area (Å²) in [5.74, 6) is -2.67. The first-order valence-electron chi connectivity index (χ1n) is 6.01. The minimum absolute atomic E-state index is 0.0681. The van der Waals surface area contributed by atoms with Gasteiger partial charge in [-0.15, -0.1) is 0 Å². The molecule has 3 N–H and O–H groups in total. The second kappa shape index (κ2) is 4.87. The highest BCUT2D eigenvalue weighted by atomic mass is 19.1. The maximum absolute atomic E-state index is 13.7. The number of hydrogen-bond donors (Lipinski definition) is 2. The van der Waals surface area contributed by atoms with Crippen LogP contribution in [0.25, 0.3) is 0 Å². The molecule has 0 radical (unpaired) electrons. The Bertz CT molecular complexity index is 533. The maximum atomic E-state index is 13.7. The Morgan fingerprint density at radius 2 is 2.16 bits per heavy atom. The van der Waals surface area contributed by atoms with E-state index in [1.165, 1.54) is 17.0 Å². The quantitative estimate of drug-likeness (QED) is 0.861. The molecule has 1 saturated heterocycles. The smallest absolute Gasteiger partial charge is 0.326 e. The van der Waals surface area contributed by atoms with Gasteiger partial charge in [-0.25, -0.2) is 9.18 Å². The van der Waals surface area contributed by atoms with Crippen LogP contribution in [0.5, 0.6) is 0 Å². The molecular weight excluding hydrogens is 251 g/mol. The van der Waals surface area contributed by atoms with Gasteiger partial charge in [0.1, 0.15) is 11.9 Å². The Hall–Kier alpha value is -2.11. The summed E-state index contributed by atoms with van der Waals surface area (Å²) in [6.07, 6.45) is 0.672. The first kappa shape index (κ1) is 13.3. The summed E-state index contributed by atoms with van der Waals surface area (Å²) in [6, 6.07) is 3.34. The number of carbonyl (C=O) groups is 2. The zero-order valence-corrected chi connectivity index (χ0v) is 10.5. The fourth-order valence-corrected chi connectivity index (χ4v) is 2.59. The molecule has 0 aliphatic carbocycles. The van der Waals surface area contributed by atoms with E-state index in [-0.39, 0.29) is 17.2 Å². The van der Waals surface area contributed by atoms with Crippen LogP contribution < -0.4 is 10.6 Å². The van der Waals surface area contributed by atoms with Gasteiger partial charge >= 0.3 is 5.97 Å². The molecule has 1 aliphatic heterocycles. The van der Waals surface area contributed by atoms with Gasteiger partial charge in [0.15, 0.2) is 0 Å². The van der Waals surface area contributed by atoms with Crippen molar-refractivity contribution in [2.45, 2.75) is 19.4 Å². The molecule has 0 spiro atoms. The molecule has 1 fully saturated rings. The van der Waals surface area contributed by atoms with Crippen LogP contribution in [-0.2, 0) is 4.79 Å². The molecule has 19 heavy (non-hydrogen) atoms. The molecule has 102 valence electrons. The summed E-state index contributed by atoms with van der Waals surface area (Å²) in [6.45, 7) is 2.28. The van der Waals surface area contributed by atoms with Crippen LogP contribution >= 0.6 is 0 Å². The number of nitrogens with two attached hydrogens (primary N) is 1. The van der Waals surface area contributed by atoms with Crippen LogP contribution in [0.2, 0.25) is 0 Å². The SMILES string of the molecule is CC1CCN(c2cccc(F)c2C(N)=O)C1C(=O)O. The van der Waals surface area contributed by atoms with Crippen LogP contribution in [-0.4, -0.2) is 29.6 Å². The minimum atomic E-state index is -0.982. The number of anilines is 1. The predicted octanol–water partition coefficient (Wildman–Crippen LogP) is 1.22. The van der Waals surface area contributed by atoms with Gasteiger partial charge in [-0.05, 0) is 24.5 Å². The molecule has 1 aromatic rings. The van der Waals surface area contributed by atoms with Crippen molar-refractivity contribution in [3.8, 4) is 0 Å². The monoisotopic (exact) mass is 266 g/mol. The molecule has 6 heteroatoms. The summed E-state index contributed by atoms with van der Waals surface area (Å²) in [4.78, 5) is 24.2. The predicted molar refractivity (Wildman–Crippen MR) is 67.5 cm³/mol. The molecule has 2 rings (SSSR count). The molecule has 2 atom stereocenters. The van der Waals surface area contributed by atoms with Crippen molar-refractivity contribution in [2.75, 3.05) is 11.4 Å². The van der Waals surface area contributed by atoms with E-state index in [1.807, 2.05) is 6.92 Å². The van der Waals surface area contributed by atoms with Gasteiger partial charge < -0.3 is 15.7 Å². The largest absolute Gasteiger partial charge is 0.480 e. The van der Waals surface area contributed by atoms with Crippen molar-refractivity contribution in [1.82, 2.24) is 0 Å². The molecule has 2 unspecified atom stereocenters. The lowest BCUT2D eigenvalue weighted by Crippen LogP contribution is -2.40. The number of carbonyl (C=O) groups excluding carboxylic acids is 1. The lowest BCUT2D eigenvalue weighted by atomic mass is 10.0. The summed E-state index contributed by atoms with van der Waals surface area (Å²) in [5.41, 5.74) is 5.19. The first-order chi connectivity index (χ1) is 8.93. The standard InChI is InChI=1S/C13H15FN2O3/c1-7-5-6-16(11(7)13(18)19)9-4-2-3-8(14)10(9)12(15)17/h2-4,7,11H,5-6H2,1H3,(H2,15,17)(H,18,19). The molecule has 0 saturated carbocycles. The summed E-state index contributed by atoms with van der Waals surface area (Å²) in [5, 5.41) is 9.26. The van der Waals surface area contributed by atoms with E-state index in [2.05, 4.69) is 0 Å². The molecule has 1 aromatic carbocycles. The van der Waals surface area contributed by atoms with Gasteiger partial charge in [0, 0.05) is 6.54 Å². The molecule has 1 heterocycles. The zero-order chi connectivity index (χ0) is 14.2. The van der Waals surface area contributed by atoms with Crippen molar-refractivity contribution in [3.05, 3.63) is 29.6 Å². The van der Waals surface area contributed by atoms with E-state index >= 15 is 0 Å². The molecule has 1 aliphatic rings. The number of carboxylic acids is 1. The van der Waals surface area contributed by atoms with Gasteiger partial charge in [-0.1, -0.05) is 13.0 Å². The Morgan fingerprint density at radius 3 is 2.74 bits per heavy atom. The van der Waals surface area contributed by atoms with E-state index < -0.39 is 23.7 Å². The Labute approximate surface area is 109 Å². The van der Waals surface area contributed by atoms with E-state index in [0.29, 0.717) is 13.0 Å². The van der Waals surface area contributed by atoms with Gasteiger partial charge in [0.05, 0.1) is 11.3 Å². The topological polar surface area (TPSA) is 83.6 Å². The normalized spacial score (nSPS) is 22.5. The second-order valence-corrected chi connectivity index (χ2v) is 4.74. The van der Waals surface area contributed by atoms with Crippen molar-refractivity contribution < 1.29 is 19.1 Å². The fraction of sp³-hybridized carbons (Fsp3) is 0.385. The Morgan fingerprint density at radius 1 is 1.47 bits per heavy atom. The van der Waals surface area contributed by atoms with Gasteiger partial charge in [0.2, 0.25) is 0 Å². The number of primary amides is 1. The van der Waals surface area contributed by atoms with Crippen LogP contribution in [0.15, 0.2) is 18.2 Å². The number of halogens is 1. The third-order valence-electron chi connectivity index (χ3n) is 3.50. The zero-order valence-electron chi connectivity index (χ0n) is 10.5. The average Bonchev–Trinajstić information content (AvgIpc) is 2.70. The van der Waals surface area contributed by atoms with Gasteiger partial charge in [0.25, 0.3) is 5.91 Å². The van der Waals surface area contributed by atoms with Crippen molar-refractivity contribution >= 4 is 17.6 Å². The number of nitrogens with zero attached hydrogens (tertiary/aromatic N) is 1. The Kier molecular flexibility index (Phi) is 3.42. The molecule has 0 aromatic heterocycles. The van der Waals surface area contributed by atoms with Crippen LogP contribution in [0.3, 0.4) is 0 Å². The van der Waals surface area contributed by atoms with E-state index in [9.17, 15) is 19.1 Å². The Balaban J connectivity index is 2.50. The number of hydrogen-bond acceptors (Lipinski definition) is 3. The number of amides is 1. The van der Waals surface area contributed by atoms with Gasteiger partial charge in [-0.2, -0.15) is 0 Å². The van der Waals surface area contributed by atoms with E-state index in [4.69, 9.17) is 5.73 Å². The average molecular weight is 266 g/mol. The van der Waals surface area contributed by atoms with Crippen LogP contribution in [0.4, 0.5) is 10.1 Å². The molecule has 0 bridgehead atoms. The number of carboxylic acid groups (broad SMARTS) is 1. The summed E-state index contributed by atoms with van der Waals surface area (Å²) in [7, 11) is 0. The second-order valence-electron chi connectivity index (χ2n) is 4.74. The third kappa shape index (κ3) is 2.25. The lowest BCUT2D eigenvalue weighted by Gasteiger charge is -2.27. The first-order valence-corrected chi connectivity index (χ1v) is 6.01. The van der Waals surface area contributed by atoms with Crippen molar-refractivity contribution in [2.24, 2.45) is 11.7 Å².